The zero-order chi connectivity index (χ0) is 14.4. The second-order valence-electron chi connectivity index (χ2n) is 5.36. The molecule has 5 heteroatoms. The Balaban J connectivity index is 1.95. The summed E-state index contributed by atoms with van der Waals surface area (Å²) in [5, 5.41) is 3.15. The first kappa shape index (κ1) is 14.8. The van der Waals surface area contributed by atoms with Crippen molar-refractivity contribution in [2.24, 2.45) is 5.92 Å². The molecule has 1 aliphatic heterocycles. The fourth-order valence-electron chi connectivity index (χ4n) is 2.64. The molecule has 1 aromatic heterocycles. The molecule has 1 amide bonds. The van der Waals surface area contributed by atoms with E-state index >= 15 is 0 Å². The Hall–Kier alpha value is -1.65. The van der Waals surface area contributed by atoms with Gasteiger partial charge in [-0.3, -0.25) is 4.79 Å². The van der Waals surface area contributed by atoms with E-state index in [0.717, 1.165) is 44.7 Å². The van der Waals surface area contributed by atoms with Crippen LogP contribution in [0, 0.1) is 5.92 Å². The molecule has 0 aromatic carbocycles. The number of hydrogen-bond acceptors (Lipinski definition) is 4. The fraction of sp³-hybridized carbons (Fsp3) is 0.667. The number of nitrogens with zero attached hydrogens (tertiary/aromatic N) is 3. The Bertz CT molecular complexity index is 419. The van der Waals surface area contributed by atoms with Crippen LogP contribution in [-0.2, 0) is 4.79 Å². The third-order valence-electron chi connectivity index (χ3n) is 3.96. The van der Waals surface area contributed by atoms with Crippen LogP contribution in [0.25, 0.3) is 0 Å². The molecule has 110 valence electrons. The van der Waals surface area contributed by atoms with Gasteiger partial charge in [0.05, 0.1) is 5.92 Å². The number of carbonyl (C=O) groups excluding carboxylic acids is 1. The van der Waals surface area contributed by atoms with E-state index in [0.29, 0.717) is 6.04 Å². The lowest BCUT2D eigenvalue weighted by atomic mass is 9.96. The Morgan fingerprint density at radius 1 is 1.40 bits per heavy atom. The van der Waals surface area contributed by atoms with Crippen LogP contribution in [0.4, 0.5) is 5.95 Å². The maximum atomic E-state index is 12.3. The van der Waals surface area contributed by atoms with Gasteiger partial charge in [-0.1, -0.05) is 13.8 Å². The predicted molar refractivity (Wildman–Crippen MR) is 79.5 cm³/mol. The molecule has 1 N–H and O–H groups in total. The lowest BCUT2D eigenvalue weighted by Crippen LogP contribution is -2.46. The van der Waals surface area contributed by atoms with E-state index in [-0.39, 0.29) is 11.8 Å². The van der Waals surface area contributed by atoms with Gasteiger partial charge in [-0.15, -0.1) is 0 Å². The number of hydrogen-bond donors (Lipinski definition) is 1. The number of amides is 1. The molecule has 0 unspecified atom stereocenters. The molecule has 0 spiro atoms. The van der Waals surface area contributed by atoms with Crippen molar-refractivity contribution in [1.82, 2.24) is 15.3 Å². The number of carbonyl (C=O) groups is 1. The molecule has 0 aliphatic carbocycles. The molecule has 1 fully saturated rings. The first-order valence-corrected chi connectivity index (χ1v) is 7.57. The summed E-state index contributed by atoms with van der Waals surface area (Å²) < 4.78 is 0. The lowest BCUT2D eigenvalue weighted by Gasteiger charge is -2.32. The minimum absolute atomic E-state index is 0.0492. The Kier molecular flexibility index (Phi) is 5.32. The molecule has 0 bridgehead atoms. The molecular weight excluding hydrogens is 252 g/mol. The van der Waals surface area contributed by atoms with Crippen molar-refractivity contribution in [3.63, 3.8) is 0 Å². The highest BCUT2D eigenvalue weighted by molar-refractivity contribution is 5.79. The fourth-order valence-corrected chi connectivity index (χ4v) is 2.64. The summed E-state index contributed by atoms with van der Waals surface area (Å²) in [4.78, 5) is 23.0. The zero-order valence-electron chi connectivity index (χ0n) is 12.4. The van der Waals surface area contributed by atoms with Crippen LogP contribution in [0.2, 0.25) is 0 Å². The smallest absolute Gasteiger partial charge is 0.225 e. The van der Waals surface area contributed by atoms with Crippen LogP contribution in [0.15, 0.2) is 18.5 Å². The summed E-state index contributed by atoms with van der Waals surface area (Å²) in [5.41, 5.74) is 0. The predicted octanol–water partition coefficient (Wildman–Crippen LogP) is 2.00. The van der Waals surface area contributed by atoms with E-state index in [1.807, 2.05) is 6.07 Å². The van der Waals surface area contributed by atoms with Crippen molar-refractivity contribution in [3.05, 3.63) is 18.5 Å². The maximum Gasteiger partial charge on any atom is 0.225 e. The van der Waals surface area contributed by atoms with Gasteiger partial charge in [0.2, 0.25) is 11.9 Å². The SMILES string of the molecule is CCC(CC)NC(=O)[C@@H]1CCCN(c2ncccn2)C1. The standard InChI is InChI=1S/C15H24N4O/c1-3-13(4-2)18-14(20)12-7-5-10-19(11-12)15-16-8-6-9-17-15/h6,8-9,12-13H,3-5,7,10-11H2,1-2H3,(H,18,20)/t12-/m1/s1. The first-order valence-electron chi connectivity index (χ1n) is 7.57. The van der Waals surface area contributed by atoms with Crippen LogP contribution in [0.1, 0.15) is 39.5 Å². The van der Waals surface area contributed by atoms with Crippen molar-refractivity contribution in [2.45, 2.75) is 45.6 Å². The largest absolute Gasteiger partial charge is 0.353 e. The van der Waals surface area contributed by atoms with E-state index in [4.69, 9.17) is 0 Å². The quantitative estimate of drug-likeness (QED) is 0.893. The zero-order valence-corrected chi connectivity index (χ0v) is 12.4. The highest BCUT2D eigenvalue weighted by atomic mass is 16.2. The second kappa shape index (κ2) is 7.22. The van der Waals surface area contributed by atoms with Gasteiger partial charge in [-0.05, 0) is 31.7 Å². The third-order valence-corrected chi connectivity index (χ3v) is 3.96. The Morgan fingerprint density at radius 2 is 2.10 bits per heavy atom. The molecule has 1 aliphatic rings. The van der Waals surface area contributed by atoms with Crippen molar-refractivity contribution in [1.29, 1.82) is 0 Å². The van der Waals surface area contributed by atoms with Crippen molar-refractivity contribution in [2.75, 3.05) is 18.0 Å². The topological polar surface area (TPSA) is 58.1 Å². The van der Waals surface area contributed by atoms with Crippen LogP contribution < -0.4 is 10.2 Å². The number of anilines is 1. The van der Waals surface area contributed by atoms with Crippen LogP contribution in [0.3, 0.4) is 0 Å². The monoisotopic (exact) mass is 276 g/mol. The molecule has 2 rings (SSSR count). The van der Waals surface area contributed by atoms with Gasteiger partial charge in [0.1, 0.15) is 0 Å². The van der Waals surface area contributed by atoms with Gasteiger partial charge in [0.15, 0.2) is 0 Å². The molecule has 1 aromatic rings. The summed E-state index contributed by atoms with van der Waals surface area (Å²) >= 11 is 0. The van der Waals surface area contributed by atoms with Gasteiger partial charge < -0.3 is 10.2 Å². The van der Waals surface area contributed by atoms with Crippen molar-refractivity contribution < 1.29 is 4.79 Å². The molecular formula is C15H24N4O. The molecule has 0 saturated carbocycles. The van der Waals surface area contributed by atoms with E-state index < -0.39 is 0 Å². The van der Waals surface area contributed by atoms with Gasteiger partial charge in [-0.25, -0.2) is 9.97 Å². The highest BCUT2D eigenvalue weighted by Gasteiger charge is 2.27. The van der Waals surface area contributed by atoms with Crippen LogP contribution in [0.5, 0.6) is 0 Å². The minimum Gasteiger partial charge on any atom is -0.353 e. The number of nitrogens with one attached hydrogen (secondary N) is 1. The number of aromatic nitrogens is 2. The van der Waals surface area contributed by atoms with Gasteiger partial charge in [-0.2, -0.15) is 0 Å². The molecule has 5 nitrogen and oxygen atoms in total. The van der Waals surface area contributed by atoms with E-state index in [2.05, 4.69) is 34.0 Å². The number of piperidine rings is 1. The molecule has 1 atom stereocenters. The molecule has 0 radical (unpaired) electrons. The van der Waals surface area contributed by atoms with Crippen molar-refractivity contribution >= 4 is 11.9 Å². The van der Waals surface area contributed by atoms with E-state index in [1.165, 1.54) is 0 Å². The second-order valence-corrected chi connectivity index (χ2v) is 5.36. The summed E-state index contributed by atoms with van der Waals surface area (Å²) in [5.74, 6) is 0.958. The van der Waals surface area contributed by atoms with Crippen LogP contribution in [-0.4, -0.2) is 35.0 Å². The van der Waals surface area contributed by atoms with Gasteiger partial charge >= 0.3 is 0 Å². The maximum absolute atomic E-state index is 12.3. The summed E-state index contributed by atoms with van der Waals surface area (Å²) in [6.45, 7) is 5.87. The molecule has 1 saturated heterocycles. The first-order chi connectivity index (χ1) is 9.74. The van der Waals surface area contributed by atoms with Crippen LogP contribution >= 0.6 is 0 Å². The number of rotatable bonds is 5. The highest BCUT2D eigenvalue weighted by Crippen LogP contribution is 2.20. The van der Waals surface area contributed by atoms with Gasteiger partial charge in [0, 0.05) is 31.5 Å². The van der Waals surface area contributed by atoms with Crippen molar-refractivity contribution in [3.8, 4) is 0 Å². The summed E-state index contributed by atoms with van der Waals surface area (Å²) in [7, 11) is 0. The van der Waals surface area contributed by atoms with Gasteiger partial charge in [0.25, 0.3) is 0 Å². The molecule has 20 heavy (non-hydrogen) atoms. The Labute approximate surface area is 120 Å². The van der Waals surface area contributed by atoms with E-state index in [1.54, 1.807) is 12.4 Å². The normalized spacial score (nSPS) is 19.1. The summed E-state index contributed by atoms with van der Waals surface area (Å²) in [6.07, 6.45) is 7.43. The average Bonchev–Trinajstić information content (AvgIpc) is 2.53. The molecule has 2 heterocycles. The lowest BCUT2D eigenvalue weighted by molar-refractivity contribution is -0.126. The average molecular weight is 276 g/mol. The van der Waals surface area contributed by atoms with E-state index in [9.17, 15) is 4.79 Å². The Morgan fingerprint density at radius 3 is 2.75 bits per heavy atom. The third kappa shape index (κ3) is 3.68. The minimum atomic E-state index is 0.0492. The summed E-state index contributed by atoms with van der Waals surface area (Å²) in [6, 6.07) is 2.11.